The van der Waals surface area contributed by atoms with E-state index < -0.39 is 0 Å². The summed E-state index contributed by atoms with van der Waals surface area (Å²) in [6, 6.07) is 133. The van der Waals surface area contributed by atoms with Gasteiger partial charge in [-0.05, 0) is 152 Å². The second kappa shape index (κ2) is 28.3. The molecule has 0 saturated carbocycles. The summed E-state index contributed by atoms with van der Waals surface area (Å²) >= 11 is 0. The number of pyridine rings is 2. The Bertz CT molecular complexity index is 6620. The smallest absolute Gasteiger partial charge is 0.160 e. The molecule has 0 fully saturated rings. The van der Waals surface area contributed by atoms with Crippen LogP contribution in [0.1, 0.15) is 0 Å². The molecule has 20 aromatic rings. The van der Waals surface area contributed by atoms with Gasteiger partial charge in [0.15, 0.2) is 11.6 Å². The fourth-order valence-electron chi connectivity index (χ4n) is 14.9. The number of benzene rings is 16. The summed E-state index contributed by atoms with van der Waals surface area (Å²) < 4.78 is 0. The second-order valence-electron chi connectivity index (χ2n) is 27.5. The van der Waals surface area contributed by atoms with Crippen LogP contribution < -0.4 is 0 Å². The lowest BCUT2D eigenvalue weighted by atomic mass is 9.97. The summed E-state index contributed by atoms with van der Waals surface area (Å²) in [6.07, 6.45) is 7.73. The Morgan fingerprint density at radius 2 is 0.389 bits per heavy atom. The number of rotatable bonds is 12. The van der Waals surface area contributed by atoms with E-state index in [1.807, 2.05) is 24.8 Å². The van der Waals surface area contributed by atoms with Crippen LogP contribution in [0.15, 0.2) is 401 Å². The lowest BCUT2D eigenvalue weighted by Gasteiger charge is -2.12. The van der Waals surface area contributed by atoms with Gasteiger partial charge in [-0.3, -0.25) is 9.97 Å². The number of aromatic nitrogens is 6. The third-order valence-electron chi connectivity index (χ3n) is 20.7. The van der Waals surface area contributed by atoms with E-state index in [-0.39, 0.29) is 0 Å². The minimum Gasteiger partial charge on any atom is -0.263 e. The average Bonchev–Trinajstić information content (AvgIpc) is 0.614. The first-order chi connectivity index (χ1) is 53.4. The standard InChI is InChI=1S/2C51H33N3/c1-3-10-40-28-43(26-18-34(40)8-1)36-16-24-39(25-17-36)51-53-49(38-22-20-37(21-23-38)48-33-52-32-46-12-5-6-15-47(46)48)31-50(54-51)45-14-7-13-42(30-45)44-27-19-35-9-2-4-11-41(35)29-44;1-3-9-42-29-44(27-17-34(42)7-1)36-13-21-39(22-14-36)49-31-50(40-23-19-38(20-24-40)48-33-52-32-46-11-5-6-12-47(46)48)54-51(53-49)41-25-15-37(16-26-41)45-28-18-35-8-2-4-10-43(35)30-45/h2*1-33H. The minimum atomic E-state index is 0.686. The van der Waals surface area contributed by atoms with E-state index in [0.29, 0.717) is 11.6 Å². The normalized spacial score (nSPS) is 11.3. The highest BCUT2D eigenvalue weighted by molar-refractivity contribution is 5.98. The largest absolute Gasteiger partial charge is 0.263 e. The highest BCUT2D eigenvalue weighted by atomic mass is 14.9. The molecule has 108 heavy (non-hydrogen) atoms. The number of hydrogen-bond donors (Lipinski definition) is 0. The molecule has 0 amide bonds. The molecule has 0 atom stereocenters. The van der Waals surface area contributed by atoms with E-state index in [1.54, 1.807) is 0 Å². The van der Waals surface area contributed by atoms with Gasteiger partial charge in [0.05, 0.1) is 22.8 Å². The summed E-state index contributed by atoms with van der Waals surface area (Å²) in [5.41, 5.74) is 23.4. The zero-order valence-electron chi connectivity index (χ0n) is 58.8. The first kappa shape index (κ1) is 64.4. The highest BCUT2D eigenvalue weighted by Crippen LogP contribution is 2.38. The fourth-order valence-corrected chi connectivity index (χ4v) is 14.9. The van der Waals surface area contributed by atoms with Gasteiger partial charge in [0.25, 0.3) is 0 Å². The Morgan fingerprint density at radius 3 is 0.741 bits per heavy atom. The topological polar surface area (TPSA) is 77.3 Å². The molecule has 6 nitrogen and oxygen atoms in total. The molecule has 20 rings (SSSR count). The van der Waals surface area contributed by atoms with E-state index in [9.17, 15) is 0 Å². The number of nitrogens with zero attached hydrogens (tertiary/aromatic N) is 6. The van der Waals surface area contributed by atoms with Crippen LogP contribution in [0.3, 0.4) is 0 Å². The van der Waals surface area contributed by atoms with Gasteiger partial charge in [0.1, 0.15) is 0 Å². The van der Waals surface area contributed by atoms with Crippen molar-refractivity contribution < 1.29 is 0 Å². The van der Waals surface area contributed by atoms with Crippen LogP contribution in [0.25, 0.3) is 199 Å². The summed E-state index contributed by atoms with van der Waals surface area (Å²) in [5.74, 6) is 1.37. The Labute approximate surface area is 626 Å². The number of hydrogen-bond acceptors (Lipinski definition) is 6. The lowest BCUT2D eigenvalue weighted by Crippen LogP contribution is -1.96. The van der Waals surface area contributed by atoms with E-state index >= 15 is 0 Å². The Morgan fingerprint density at radius 1 is 0.139 bits per heavy atom. The first-order valence-electron chi connectivity index (χ1n) is 36.5. The van der Waals surface area contributed by atoms with Crippen LogP contribution in [0, 0.1) is 0 Å². The maximum absolute atomic E-state index is 5.21. The molecule has 0 N–H and O–H groups in total. The van der Waals surface area contributed by atoms with Crippen LogP contribution in [-0.2, 0) is 0 Å². The molecule has 0 aliphatic carbocycles. The molecule has 0 bridgehead atoms. The summed E-state index contributed by atoms with van der Waals surface area (Å²) in [7, 11) is 0. The summed E-state index contributed by atoms with van der Waals surface area (Å²) in [6.45, 7) is 0. The summed E-state index contributed by atoms with van der Waals surface area (Å²) in [5, 5.41) is 14.5. The molecule has 0 saturated heterocycles. The van der Waals surface area contributed by atoms with E-state index in [0.717, 1.165) is 106 Å². The van der Waals surface area contributed by atoms with Crippen molar-refractivity contribution in [1.29, 1.82) is 0 Å². The third kappa shape index (κ3) is 13.1. The molecule has 0 aliphatic heterocycles. The van der Waals surface area contributed by atoms with Crippen molar-refractivity contribution in [3.8, 4) is 135 Å². The van der Waals surface area contributed by atoms with Crippen LogP contribution in [0.5, 0.6) is 0 Å². The predicted octanol–water partition coefficient (Wildman–Crippen LogP) is 26.7. The van der Waals surface area contributed by atoms with Crippen LogP contribution >= 0.6 is 0 Å². The van der Waals surface area contributed by atoms with Crippen molar-refractivity contribution in [3.05, 3.63) is 401 Å². The third-order valence-corrected chi connectivity index (χ3v) is 20.7. The van der Waals surface area contributed by atoms with Gasteiger partial charge < -0.3 is 0 Å². The zero-order valence-corrected chi connectivity index (χ0v) is 58.8. The van der Waals surface area contributed by atoms with Gasteiger partial charge in [0, 0.05) is 80.1 Å². The fraction of sp³-hybridized carbons (Fsp3) is 0. The molecular formula is C102H66N6. The van der Waals surface area contributed by atoms with Crippen LogP contribution in [0.4, 0.5) is 0 Å². The van der Waals surface area contributed by atoms with Gasteiger partial charge in [-0.1, -0.05) is 334 Å². The Balaban J connectivity index is 0.000000147. The second-order valence-corrected chi connectivity index (χ2v) is 27.5. The molecular weight excluding hydrogens is 1310 g/mol. The van der Waals surface area contributed by atoms with E-state index in [4.69, 9.17) is 19.9 Å². The molecule has 4 aromatic heterocycles. The van der Waals surface area contributed by atoms with Crippen LogP contribution in [-0.4, -0.2) is 29.9 Å². The van der Waals surface area contributed by atoms with E-state index in [1.165, 1.54) is 81.7 Å². The van der Waals surface area contributed by atoms with Crippen LogP contribution in [0.2, 0.25) is 0 Å². The van der Waals surface area contributed by atoms with Crippen molar-refractivity contribution >= 4 is 64.6 Å². The van der Waals surface area contributed by atoms with Gasteiger partial charge in [-0.15, -0.1) is 0 Å². The van der Waals surface area contributed by atoms with Gasteiger partial charge >= 0.3 is 0 Å². The SMILES string of the molecule is c1cc(-c2ccc3ccccc3c2)cc(-c2cc(-c3ccc(-c4cncc5ccccc45)cc3)nc(-c3ccc(-c4ccc5ccccc5c4)cc3)n2)c1.c1ccc2cc(-c3ccc(-c4cc(-c5ccc(-c6cncc7ccccc67)cc5)nc(-c5ccc(-c6ccc7ccccc7c6)cc5)n4)cc3)ccc2c1. The van der Waals surface area contributed by atoms with Gasteiger partial charge in [0.2, 0.25) is 0 Å². The molecule has 6 heteroatoms. The van der Waals surface area contributed by atoms with Gasteiger partial charge in [-0.2, -0.15) is 0 Å². The van der Waals surface area contributed by atoms with Crippen molar-refractivity contribution in [2.45, 2.75) is 0 Å². The Hall–Kier alpha value is -14.5. The van der Waals surface area contributed by atoms with E-state index in [2.05, 4.69) is 386 Å². The summed E-state index contributed by atoms with van der Waals surface area (Å²) in [4.78, 5) is 29.8. The zero-order chi connectivity index (χ0) is 71.7. The minimum absolute atomic E-state index is 0.686. The van der Waals surface area contributed by atoms with Crippen molar-refractivity contribution in [3.63, 3.8) is 0 Å². The maximum atomic E-state index is 5.21. The molecule has 16 aromatic carbocycles. The highest BCUT2D eigenvalue weighted by Gasteiger charge is 2.17. The number of fused-ring (bicyclic) bond motifs is 6. The molecule has 504 valence electrons. The molecule has 0 spiro atoms. The first-order valence-corrected chi connectivity index (χ1v) is 36.5. The molecule has 4 heterocycles. The predicted molar refractivity (Wildman–Crippen MR) is 450 cm³/mol. The van der Waals surface area contributed by atoms with Crippen molar-refractivity contribution in [1.82, 2.24) is 29.9 Å². The average molecular weight is 1380 g/mol. The monoisotopic (exact) mass is 1370 g/mol. The Kier molecular flexibility index (Phi) is 16.9. The lowest BCUT2D eigenvalue weighted by molar-refractivity contribution is 1.18. The quantitative estimate of drug-likeness (QED) is 0.121. The molecule has 0 radical (unpaired) electrons. The van der Waals surface area contributed by atoms with Crippen molar-refractivity contribution in [2.75, 3.05) is 0 Å². The van der Waals surface area contributed by atoms with Gasteiger partial charge in [-0.25, -0.2) is 19.9 Å². The maximum Gasteiger partial charge on any atom is 0.160 e. The molecule has 0 unspecified atom stereocenters. The van der Waals surface area contributed by atoms with Crippen molar-refractivity contribution in [2.24, 2.45) is 0 Å². The molecule has 0 aliphatic rings.